The van der Waals surface area contributed by atoms with Gasteiger partial charge in [-0.2, -0.15) is 10.0 Å². The van der Waals surface area contributed by atoms with E-state index in [2.05, 4.69) is 50.3 Å². The number of morpholine rings is 1. The van der Waals surface area contributed by atoms with E-state index in [1.807, 2.05) is 59.4 Å². The molecule has 0 bridgehead atoms. The number of nitrogens with zero attached hydrogens (tertiary/aromatic N) is 7. The number of imidazole rings is 1. The van der Waals surface area contributed by atoms with Gasteiger partial charge in [0, 0.05) is 66.9 Å². The highest BCUT2D eigenvalue weighted by atomic mass is 32.1. The number of anilines is 3. The fourth-order valence-corrected chi connectivity index (χ4v) is 6.55. The van der Waals surface area contributed by atoms with Crippen LogP contribution in [0.2, 0.25) is 0 Å². The molecule has 0 radical (unpaired) electrons. The molecule has 0 aliphatic carbocycles. The predicted molar refractivity (Wildman–Crippen MR) is 186 cm³/mol. The first kappa shape index (κ1) is 30.6. The van der Waals surface area contributed by atoms with Crippen LogP contribution >= 0.6 is 11.3 Å². The Balaban J connectivity index is 1.08. The van der Waals surface area contributed by atoms with E-state index in [0.717, 1.165) is 82.0 Å². The second kappa shape index (κ2) is 13.7. The summed E-state index contributed by atoms with van der Waals surface area (Å²) in [5.74, 6) is 0.781. The van der Waals surface area contributed by atoms with Crippen LogP contribution in [-0.2, 0) is 22.7 Å². The van der Waals surface area contributed by atoms with Crippen molar-refractivity contribution >= 4 is 45.7 Å². The lowest BCUT2D eigenvalue weighted by molar-refractivity contribution is 0.0342. The van der Waals surface area contributed by atoms with Crippen LogP contribution in [0, 0.1) is 6.92 Å². The summed E-state index contributed by atoms with van der Waals surface area (Å²) < 4.78 is 7.43. The van der Waals surface area contributed by atoms with Gasteiger partial charge in [0.15, 0.2) is 0 Å². The molecular weight excluding hydrogens is 613 g/mol. The van der Waals surface area contributed by atoms with Crippen LogP contribution in [0.25, 0.3) is 27.3 Å². The predicted octanol–water partition coefficient (Wildman–Crippen LogP) is 5.64. The Kier molecular flexibility index (Phi) is 8.93. The molecule has 240 valence electrons. The average molecular weight is 649 g/mol. The number of aromatic amines is 1. The number of rotatable bonds is 10. The molecule has 6 aromatic rings. The van der Waals surface area contributed by atoms with Crippen LogP contribution in [0.3, 0.4) is 0 Å². The second-order valence-corrected chi connectivity index (χ2v) is 12.3. The Morgan fingerprint density at radius 2 is 1.91 bits per heavy atom. The van der Waals surface area contributed by atoms with Crippen LogP contribution < -0.4 is 16.1 Å². The van der Waals surface area contributed by atoms with Crippen molar-refractivity contribution in [2.24, 2.45) is 10.7 Å². The van der Waals surface area contributed by atoms with Gasteiger partial charge in [-0.1, -0.05) is 12.1 Å². The Bertz CT molecular complexity index is 1960. The molecule has 12 nitrogen and oxygen atoms in total. The fourth-order valence-electron chi connectivity index (χ4n) is 5.46. The summed E-state index contributed by atoms with van der Waals surface area (Å²) in [7, 11) is 1.66. The standard InChI is InChI=1S/C34H36N10O2S/c1-23-19-29(31-28-11-12-38-32(28)41-34(40-31)39-25-5-9-26(10-6-25)43-14-13-37-22-43)47-30(23)21-46-44(33(35)36-2)27-7-3-24(4-8-27)20-42-15-17-45-18-16-42/h3-14,19,22H,15-18,20-21H2,1-2H3,(H2,35,36)(H2,38,39,40,41). The minimum Gasteiger partial charge on any atom is -0.379 e. The number of thiophene rings is 1. The van der Waals surface area contributed by atoms with Crippen molar-refractivity contribution in [2.45, 2.75) is 20.1 Å². The van der Waals surface area contributed by atoms with Crippen molar-refractivity contribution in [3.8, 4) is 16.3 Å². The van der Waals surface area contributed by atoms with Gasteiger partial charge in [-0.25, -0.2) is 9.97 Å². The molecule has 0 saturated carbocycles. The highest BCUT2D eigenvalue weighted by molar-refractivity contribution is 7.15. The number of guanidine groups is 1. The van der Waals surface area contributed by atoms with Gasteiger partial charge >= 0.3 is 0 Å². The lowest BCUT2D eigenvalue weighted by Gasteiger charge is -2.27. The molecule has 4 N–H and O–H groups in total. The highest BCUT2D eigenvalue weighted by Crippen LogP contribution is 2.35. The molecule has 2 aromatic carbocycles. The number of hydrogen-bond acceptors (Lipinski definition) is 9. The van der Waals surface area contributed by atoms with E-state index < -0.39 is 0 Å². The van der Waals surface area contributed by atoms with Crippen LogP contribution in [-0.4, -0.2) is 68.7 Å². The molecule has 0 amide bonds. The van der Waals surface area contributed by atoms with Crippen molar-refractivity contribution < 1.29 is 9.57 Å². The zero-order valence-electron chi connectivity index (χ0n) is 26.3. The number of aromatic nitrogens is 5. The summed E-state index contributed by atoms with van der Waals surface area (Å²) in [5, 5.41) is 5.90. The highest BCUT2D eigenvalue weighted by Gasteiger charge is 2.18. The maximum Gasteiger partial charge on any atom is 0.229 e. The molecule has 0 spiro atoms. The number of ether oxygens (including phenoxy) is 1. The molecule has 47 heavy (non-hydrogen) atoms. The molecule has 1 aliphatic heterocycles. The zero-order valence-corrected chi connectivity index (χ0v) is 27.1. The third-order valence-corrected chi connectivity index (χ3v) is 9.26. The molecule has 7 rings (SSSR count). The molecule has 4 aromatic heterocycles. The van der Waals surface area contributed by atoms with E-state index in [9.17, 15) is 0 Å². The maximum absolute atomic E-state index is 6.30. The van der Waals surface area contributed by atoms with E-state index >= 15 is 0 Å². The van der Waals surface area contributed by atoms with Gasteiger partial charge in [0.25, 0.3) is 0 Å². The molecule has 1 fully saturated rings. The largest absolute Gasteiger partial charge is 0.379 e. The number of nitrogens with one attached hydrogen (secondary N) is 2. The van der Waals surface area contributed by atoms with Crippen LogP contribution in [0.5, 0.6) is 0 Å². The Morgan fingerprint density at radius 1 is 1.11 bits per heavy atom. The number of nitrogens with two attached hydrogens (primary N) is 1. The Morgan fingerprint density at radius 3 is 2.66 bits per heavy atom. The number of hydroxylamine groups is 1. The van der Waals surface area contributed by atoms with Gasteiger partial charge in [-0.15, -0.1) is 11.3 Å². The Hall–Kier alpha value is -5.08. The minimum atomic E-state index is 0.277. The van der Waals surface area contributed by atoms with E-state index in [-0.39, 0.29) is 5.96 Å². The first-order chi connectivity index (χ1) is 23.0. The number of benzene rings is 2. The SMILES string of the molecule is CN=C(N)N(OCc1sc(-c2nc(Nc3ccc(-n4ccnc4)cc3)nc3[nH]ccc23)cc1C)c1ccc(CN2CCOCC2)cc1. The first-order valence-corrected chi connectivity index (χ1v) is 16.2. The smallest absolute Gasteiger partial charge is 0.229 e. The molecular formula is C34H36N10O2S. The first-order valence-electron chi connectivity index (χ1n) is 15.4. The minimum absolute atomic E-state index is 0.277. The van der Waals surface area contributed by atoms with E-state index in [1.54, 1.807) is 36.0 Å². The monoisotopic (exact) mass is 648 g/mol. The third kappa shape index (κ3) is 6.88. The topological polar surface area (TPSA) is 135 Å². The molecule has 0 atom stereocenters. The van der Waals surface area contributed by atoms with Gasteiger partial charge < -0.3 is 25.3 Å². The zero-order chi connectivity index (χ0) is 32.2. The summed E-state index contributed by atoms with van der Waals surface area (Å²) >= 11 is 1.64. The summed E-state index contributed by atoms with van der Waals surface area (Å²) in [6.07, 6.45) is 7.32. The van der Waals surface area contributed by atoms with Crippen molar-refractivity contribution in [3.05, 3.63) is 102 Å². The van der Waals surface area contributed by atoms with Gasteiger partial charge in [-0.05, 0) is 66.6 Å². The number of aryl methyl sites for hydroxylation is 1. The van der Waals surface area contributed by atoms with Crippen molar-refractivity contribution in [1.29, 1.82) is 0 Å². The normalized spacial score (nSPS) is 14.1. The summed E-state index contributed by atoms with van der Waals surface area (Å²) in [5.41, 5.74) is 12.9. The van der Waals surface area contributed by atoms with Crippen molar-refractivity contribution in [3.63, 3.8) is 0 Å². The summed E-state index contributed by atoms with van der Waals surface area (Å²) in [4.78, 5) is 32.0. The van der Waals surface area contributed by atoms with Gasteiger partial charge in [0.05, 0.1) is 35.8 Å². The van der Waals surface area contributed by atoms with E-state index in [1.165, 1.54) is 5.56 Å². The number of fused-ring (bicyclic) bond motifs is 1. The molecule has 13 heteroatoms. The molecule has 1 saturated heterocycles. The fraction of sp³-hybridized carbons (Fsp3) is 0.235. The summed E-state index contributed by atoms with van der Waals surface area (Å²) in [6, 6.07) is 20.4. The third-order valence-electron chi connectivity index (χ3n) is 8.04. The van der Waals surface area contributed by atoms with Gasteiger partial charge in [-0.3, -0.25) is 14.7 Å². The van der Waals surface area contributed by atoms with Gasteiger partial charge in [0.1, 0.15) is 12.3 Å². The lowest BCUT2D eigenvalue weighted by Crippen LogP contribution is -2.37. The number of aliphatic imine (C=N–C) groups is 1. The van der Waals surface area contributed by atoms with Crippen LogP contribution in [0.15, 0.2) is 90.6 Å². The van der Waals surface area contributed by atoms with E-state index in [0.29, 0.717) is 12.6 Å². The molecule has 1 aliphatic rings. The summed E-state index contributed by atoms with van der Waals surface area (Å²) in [6.45, 7) is 6.72. The average Bonchev–Trinajstić information content (AvgIpc) is 3.88. The Labute approximate surface area is 276 Å². The van der Waals surface area contributed by atoms with Crippen molar-refractivity contribution in [2.75, 3.05) is 43.7 Å². The quantitative estimate of drug-likeness (QED) is 0.0980. The van der Waals surface area contributed by atoms with Gasteiger partial charge in [0.2, 0.25) is 11.9 Å². The molecule has 0 unspecified atom stereocenters. The van der Waals surface area contributed by atoms with Crippen LogP contribution in [0.1, 0.15) is 16.0 Å². The molecule has 5 heterocycles. The van der Waals surface area contributed by atoms with Crippen molar-refractivity contribution in [1.82, 2.24) is 29.4 Å². The van der Waals surface area contributed by atoms with E-state index in [4.69, 9.17) is 25.3 Å². The lowest BCUT2D eigenvalue weighted by atomic mass is 10.2. The number of H-pyrrole nitrogens is 1. The van der Waals surface area contributed by atoms with Crippen LogP contribution in [0.4, 0.5) is 17.3 Å². The maximum atomic E-state index is 6.30. The second-order valence-electron chi connectivity index (χ2n) is 11.2. The number of hydrogen-bond donors (Lipinski definition) is 3.